The fraction of sp³-hybridized carbons (Fsp3) is 0.267. The summed E-state index contributed by atoms with van der Waals surface area (Å²) in [6.07, 6.45) is 6.82. The molecule has 0 aliphatic rings. The molecule has 1 nitrogen and oxygen atoms in total. The molecule has 2 rings (SSSR count). The lowest BCUT2D eigenvalue weighted by Gasteiger charge is -2.00. The van der Waals surface area contributed by atoms with Crippen LogP contribution in [-0.4, -0.2) is 0 Å². The maximum absolute atomic E-state index is 2.25. The molecule has 0 saturated heterocycles. The Hall–Kier alpha value is -1.15. The van der Waals surface area contributed by atoms with Crippen molar-refractivity contribution in [1.29, 1.82) is 0 Å². The van der Waals surface area contributed by atoms with Crippen molar-refractivity contribution in [2.45, 2.75) is 26.3 Å². The molecule has 0 aliphatic carbocycles. The first-order valence-corrected chi connectivity index (χ1v) is 5.94. The predicted octanol–water partition coefficient (Wildman–Crippen LogP) is 0.445. The van der Waals surface area contributed by atoms with Crippen LogP contribution < -0.4 is 21.5 Å². The SMILES string of the molecule is CCCC[n+]1ccc(-c2ccccc2)cc1.[Br-]. The average molecular weight is 292 g/mol. The van der Waals surface area contributed by atoms with E-state index in [1.807, 2.05) is 6.07 Å². The first kappa shape index (κ1) is 13.9. The summed E-state index contributed by atoms with van der Waals surface area (Å²) in [5.41, 5.74) is 2.57. The van der Waals surface area contributed by atoms with Crippen LogP contribution in [0.25, 0.3) is 11.1 Å². The van der Waals surface area contributed by atoms with Gasteiger partial charge < -0.3 is 17.0 Å². The maximum atomic E-state index is 2.25. The van der Waals surface area contributed by atoms with Crippen molar-refractivity contribution >= 4 is 0 Å². The van der Waals surface area contributed by atoms with Crippen molar-refractivity contribution < 1.29 is 21.5 Å². The zero-order valence-electron chi connectivity index (χ0n) is 10.1. The molecule has 90 valence electrons. The Balaban J connectivity index is 0.00000144. The standard InChI is InChI=1S/C15H18N.BrH/c1-2-3-11-16-12-9-15(10-13-16)14-7-5-4-6-8-14;/h4-10,12-13H,2-3,11H2,1H3;1H/q+1;/p-1. The zero-order chi connectivity index (χ0) is 11.2. The number of pyridine rings is 1. The molecule has 2 heteroatoms. The monoisotopic (exact) mass is 291 g/mol. The van der Waals surface area contributed by atoms with E-state index >= 15 is 0 Å². The van der Waals surface area contributed by atoms with E-state index in [1.165, 1.54) is 24.0 Å². The van der Waals surface area contributed by atoms with Crippen LogP contribution in [0, 0.1) is 0 Å². The molecule has 0 atom stereocenters. The molecule has 1 aromatic heterocycles. The summed E-state index contributed by atoms with van der Waals surface area (Å²) in [5, 5.41) is 0. The Labute approximate surface area is 114 Å². The van der Waals surface area contributed by atoms with E-state index < -0.39 is 0 Å². The van der Waals surface area contributed by atoms with Crippen molar-refractivity contribution in [3.63, 3.8) is 0 Å². The molecule has 1 aromatic carbocycles. The molecular weight excluding hydrogens is 274 g/mol. The number of halogens is 1. The van der Waals surface area contributed by atoms with Crippen molar-refractivity contribution in [3.05, 3.63) is 54.9 Å². The van der Waals surface area contributed by atoms with Crippen LogP contribution in [0.4, 0.5) is 0 Å². The molecule has 0 fully saturated rings. The van der Waals surface area contributed by atoms with Crippen molar-refractivity contribution in [2.24, 2.45) is 0 Å². The number of hydrogen-bond acceptors (Lipinski definition) is 0. The minimum atomic E-state index is 0. The summed E-state index contributed by atoms with van der Waals surface area (Å²) in [4.78, 5) is 0. The molecule has 0 amide bonds. The van der Waals surface area contributed by atoms with Crippen LogP contribution >= 0.6 is 0 Å². The fourth-order valence-electron chi connectivity index (χ4n) is 1.77. The van der Waals surface area contributed by atoms with Gasteiger partial charge in [0.25, 0.3) is 0 Å². The number of aryl methyl sites for hydroxylation is 1. The third-order valence-corrected chi connectivity index (χ3v) is 2.77. The van der Waals surface area contributed by atoms with E-state index in [0.717, 1.165) is 6.54 Å². The molecule has 0 aliphatic heterocycles. The summed E-state index contributed by atoms with van der Waals surface area (Å²) in [7, 11) is 0. The molecule has 0 N–H and O–H groups in total. The minimum absolute atomic E-state index is 0. The second-order valence-corrected chi connectivity index (χ2v) is 4.04. The van der Waals surface area contributed by atoms with Gasteiger partial charge in [-0.3, -0.25) is 0 Å². The van der Waals surface area contributed by atoms with E-state index in [-0.39, 0.29) is 17.0 Å². The van der Waals surface area contributed by atoms with Gasteiger partial charge in [-0.1, -0.05) is 43.7 Å². The number of aromatic nitrogens is 1. The highest BCUT2D eigenvalue weighted by Crippen LogP contribution is 2.16. The molecule has 0 bridgehead atoms. The Kier molecular flexibility index (Phi) is 5.92. The number of unbranched alkanes of at least 4 members (excludes halogenated alkanes) is 1. The fourth-order valence-corrected chi connectivity index (χ4v) is 1.77. The second-order valence-electron chi connectivity index (χ2n) is 4.04. The van der Waals surface area contributed by atoms with Crippen LogP contribution in [0.5, 0.6) is 0 Å². The zero-order valence-corrected chi connectivity index (χ0v) is 11.7. The van der Waals surface area contributed by atoms with Gasteiger partial charge >= 0.3 is 0 Å². The maximum Gasteiger partial charge on any atom is 0.169 e. The lowest BCUT2D eigenvalue weighted by molar-refractivity contribution is -0.697. The summed E-state index contributed by atoms with van der Waals surface area (Å²) < 4.78 is 2.25. The molecule has 2 aromatic rings. The Morgan fingerprint density at radius 3 is 2.06 bits per heavy atom. The van der Waals surface area contributed by atoms with Gasteiger partial charge in [0, 0.05) is 18.6 Å². The second kappa shape index (κ2) is 7.23. The van der Waals surface area contributed by atoms with Gasteiger partial charge in [-0.05, 0) is 11.1 Å². The number of rotatable bonds is 4. The van der Waals surface area contributed by atoms with Gasteiger partial charge in [0.15, 0.2) is 12.4 Å². The quantitative estimate of drug-likeness (QED) is 0.720. The first-order chi connectivity index (χ1) is 7.90. The summed E-state index contributed by atoms with van der Waals surface area (Å²) in [6, 6.07) is 14.9. The number of hydrogen-bond donors (Lipinski definition) is 0. The average Bonchev–Trinajstić information content (AvgIpc) is 2.38. The highest BCUT2D eigenvalue weighted by Gasteiger charge is 2.01. The van der Waals surface area contributed by atoms with E-state index in [9.17, 15) is 0 Å². The molecule has 0 unspecified atom stereocenters. The van der Waals surface area contributed by atoms with Gasteiger partial charge in [0.05, 0.1) is 0 Å². The van der Waals surface area contributed by atoms with E-state index in [4.69, 9.17) is 0 Å². The van der Waals surface area contributed by atoms with Crippen molar-refractivity contribution in [1.82, 2.24) is 0 Å². The van der Waals surface area contributed by atoms with Crippen LogP contribution in [-0.2, 0) is 6.54 Å². The number of nitrogens with zero attached hydrogens (tertiary/aromatic N) is 1. The van der Waals surface area contributed by atoms with Gasteiger partial charge in [0.2, 0.25) is 0 Å². The minimum Gasteiger partial charge on any atom is -1.00 e. The Bertz CT molecular complexity index is 422. The van der Waals surface area contributed by atoms with E-state index in [0.29, 0.717) is 0 Å². The smallest absolute Gasteiger partial charge is 0.169 e. The Morgan fingerprint density at radius 1 is 0.882 bits per heavy atom. The van der Waals surface area contributed by atoms with Gasteiger partial charge in [-0.2, -0.15) is 0 Å². The molecular formula is C15H18BrN. The molecule has 0 radical (unpaired) electrons. The highest BCUT2D eigenvalue weighted by atomic mass is 79.9. The topological polar surface area (TPSA) is 3.88 Å². The predicted molar refractivity (Wildman–Crippen MR) is 67.0 cm³/mol. The van der Waals surface area contributed by atoms with Crippen molar-refractivity contribution in [3.8, 4) is 11.1 Å². The highest BCUT2D eigenvalue weighted by molar-refractivity contribution is 5.61. The van der Waals surface area contributed by atoms with Gasteiger partial charge in [0.1, 0.15) is 6.54 Å². The van der Waals surface area contributed by atoms with E-state index in [2.05, 4.69) is 60.3 Å². The third-order valence-electron chi connectivity index (χ3n) is 2.77. The molecule has 0 spiro atoms. The largest absolute Gasteiger partial charge is 1.00 e. The van der Waals surface area contributed by atoms with Crippen LogP contribution in [0.15, 0.2) is 54.9 Å². The third kappa shape index (κ3) is 3.97. The normalized spacial score (nSPS) is 9.71. The summed E-state index contributed by atoms with van der Waals surface area (Å²) in [5.74, 6) is 0. The van der Waals surface area contributed by atoms with Crippen LogP contribution in [0.3, 0.4) is 0 Å². The van der Waals surface area contributed by atoms with Crippen LogP contribution in [0.1, 0.15) is 19.8 Å². The summed E-state index contributed by atoms with van der Waals surface area (Å²) in [6.45, 7) is 3.34. The lowest BCUT2D eigenvalue weighted by Crippen LogP contribution is -3.00. The van der Waals surface area contributed by atoms with Crippen molar-refractivity contribution in [2.75, 3.05) is 0 Å². The van der Waals surface area contributed by atoms with Gasteiger partial charge in [-0.25, -0.2) is 4.57 Å². The van der Waals surface area contributed by atoms with E-state index in [1.54, 1.807) is 0 Å². The molecule has 1 heterocycles. The summed E-state index contributed by atoms with van der Waals surface area (Å²) >= 11 is 0. The number of benzene rings is 1. The lowest BCUT2D eigenvalue weighted by atomic mass is 10.1. The van der Waals surface area contributed by atoms with Crippen LogP contribution in [0.2, 0.25) is 0 Å². The van der Waals surface area contributed by atoms with Gasteiger partial charge in [-0.15, -0.1) is 0 Å². The first-order valence-electron chi connectivity index (χ1n) is 5.94. The Morgan fingerprint density at radius 2 is 1.47 bits per heavy atom. The molecule has 17 heavy (non-hydrogen) atoms. The molecule has 0 saturated carbocycles.